The van der Waals surface area contributed by atoms with Gasteiger partial charge in [0.2, 0.25) is 5.91 Å². The van der Waals surface area contributed by atoms with Crippen LogP contribution in [0.1, 0.15) is 11.1 Å². The lowest BCUT2D eigenvalue weighted by molar-refractivity contribution is -0.139. The first-order valence-electron chi connectivity index (χ1n) is 8.74. The summed E-state index contributed by atoms with van der Waals surface area (Å²) in [7, 11) is 0. The van der Waals surface area contributed by atoms with Crippen LogP contribution in [0.3, 0.4) is 0 Å². The molecule has 0 atom stereocenters. The molecule has 2 aromatic rings. The Balaban J connectivity index is 1.58. The maximum absolute atomic E-state index is 12.8. The summed E-state index contributed by atoms with van der Waals surface area (Å²) in [5.74, 6) is -0.371. The third-order valence-electron chi connectivity index (χ3n) is 4.64. The molecule has 28 heavy (non-hydrogen) atoms. The summed E-state index contributed by atoms with van der Waals surface area (Å²) in [6, 6.07) is 9.10. The van der Waals surface area contributed by atoms with E-state index in [1.807, 2.05) is 18.2 Å². The summed E-state index contributed by atoms with van der Waals surface area (Å²) in [6.07, 6.45) is -3.87. The number of aromatic nitrogens is 1. The molecule has 0 spiro atoms. The maximum Gasteiger partial charge on any atom is 0.417 e. The zero-order chi connectivity index (χ0) is 20.3. The van der Waals surface area contributed by atoms with Crippen LogP contribution in [0.2, 0.25) is 5.02 Å². The van der Waals surface area contributed by atoms with Gasteiger partial charge in [-0.25, -0.2) is 0 Å². The van der Waals surface area contributed by atoms with Crippen LogP contribution in [-0.4, -0.2) is 46.5 Å². The van der Waals surface area contributed by atoms with Crippen LogP contribution < -0.4 is 5.56 Å². The summed E-state index contributed by atoms with van der Waals surface area (Å²) in [5.41, 5.74) is -0.519. The van der Waals surface area contributed by atoms with E-state index in [-0.39, 0.29) is 5.91 Å². The Morgan fingerprint density at radius 1 is 1.07 bits per heavy atom. The minimum atomic E-state index is -4.57. The average molecular weight is 414 g/mol. The van der Waals surface area contributed by atoms with Crippen molar-refractivity contribution in [3.63, 3.8) is 0 Å². The number of rotatable bonds is 4. The van der Waals surface area contributed by atoms with Crippen molar-refractivity contribution in [2.75, 3.05) is 26.2 Å². The van der Waals surface area contributed by atoms with Gasteiger partial charge in [-0.15, -0.1) is 0 Å². The van der Waals surface area contributed by atoms with Crippen molar-refractivity contribution in [3.8, 4) is 0 Å². The number of carbonyl (C=O) groups excluding carboxylic acids is 1. The number of nitrogens with zero attached hydrogens (tertiary/aromatic N) is 3. The van der Waals surface area contributed by atoms with Crippen molar-refractivity contribution in [1.29, 1.82) is 0 Å². The summed E-state index contributed by atoms with van der Waals surface area (Å²) in [4.78, 5) is 28.0. The number of piperazine rings is 1. The third-order valence-corrected chi connectivity index (χ3v) is 4.87. The van der Waals surface area contributed by atoms with Crippen LogP contribution >= 0.6 is 11.6 Å². The first-order chi connectivity index (χ1) is 13.2. The number of carbonyl (C=O) groups is 1. The zero-order valence-electron chi connectivity index (χ0n) is 15.0. The second-order valence-electron chi connectivity index (χ2n) is 6.67. The van der Waals surface area contributed by atoms with E-state index in [4.69, 9.17) is 11.6 Å². The van der Waals surface area contributed by atoms with Gasteiger partial charge in [0.05, 0.1) is 5.56 Å². The molecule has 0 bridgehead atoms. The lowest BCUT2D eigenvalue weighted by atomic mass is 10.2. The fourth-order valence-corrected chi connectivity index (χ4v) is 3.33. The van der Waals surface area contributed by atoms with Gasteiger partial charge in [0.25, 0.3) is 5.56 Å². The molecule has 0 N–H and O–H groups in total. The fourth-order valence-electron chi connectivity index (χ4n) is 3.12. The molecule has 0 aliphatic carbocycles. The molecular weight excluding hydrogens is 395 g/mol. The molecule has 0 saturated carbocycles. The Bertz CT molecular complexity index is 906. The molecule has 3 rings (SSSR count). The quantitative estimate of drug-likeness (QED) is 0.774. The molecule has 150 valence electrons. The topological polar surface area (TPSA) is 45.6 Å². The molecule has 1 fully saturated rings. The Hall–Kier alpha value is -2.32. The maximum atomic E-state index is 12.8. The van der Waals surface area contributed by atoms with Gasteiger partial charge in [-0.3, -0.25) is 14.5 Å². The Kier molecular flexibility index (Phi) is 6.10. The molecule has 2 heterocycles. The largest absolute Gasteiger partial charge is 0.417 e. The highest BCUT2D eigenvalue weighted by Gasteiger charge is 2.31. The second-order valence-corrected chi connectivity index (χ2v) is 7.10. The van der Waals surface area contributed by atoms with E-state index in [9.17, 15) is 22.8 Å². The molecule has 1 aliphatic heterocycles. The molecule has 0 radical (unpaired) electrons. The molecule has 1 aromatic heterocycles. The lowest BCUT2D eigenvalue weighted by Gasteiger charge is -2.35. The third kappa shape index (κ3) is 5.14. The molecule has 1 amide bonds. The molecule has 0 unspecified atom stereocenters. The van der Waals surface area contributed by atoms with Crippen molar-refractivity contribution in [1.82, 2.24) is 14.4 Å². The smallest absolute Gasteiger partial charge is 0.339 e. The van der Waals surface area contributed by atoms with E-state index < -0.39 is 23.8 Å². The zero-order valence-corrected chi connectivity index (χ0v) is 15.7. The minimum Gasteiger partial charge on any atom is -0.339 e. The van der Waals surface area contributed by atoms with Crippen molar-refractivity contribution in [2.24, 2.45) is 0 Å². The van der Waals surface area contributed by atoms with Gasteiger partial charge in [0, 0.05) is 50.0 Å². The van der Waals surface area contributed by atoms with Gasteiger partial charge in [0.1, 0.15) is 6.54 Å². The van der Waals surface area contributed by atoms with E-state index in [1.165, 1.54) is 0 Å². The molecular formula is C19H19ClF3N3O2. The average Bonchev–Trinajstić information content (AvgIpc) is 2.63. The fraction of sp³-hybridized carbons (Fsp3) is 0.368. The van der Waals surface area contributed by atoms with Crippen molar-refractivity contribution in [2.45, 2.75) is 19.3 Å². The van der Waals surface area contributed by atoms with Crippen LogP contribution in [0.15, 0.2) is 47.4 Å². The van der Waals surface area contributed by atoms with Crippen LogP contribution in [0.25, 0.3) is 0 Å². The summed E-state index contributed by atoms with van der Waals surface area (Å²) in [6.45, 7) is 2.47. The molecule has 1 aromatic carbocycles. The van der Waals surface area contributed by atoms with Crippen molar-refractivity contribution < 1.29 is 18.0 Å². The van der Waals surface area contributed by atoms with Gasteiger partial charge < -0.3 is 9.47 Å². The Morgan fingerprint density at radius 3 is 2.43 bits per heavy atom. The standard InChI is InChI=1S/C19H19ClF3N3O2/c20-16-3-1-2-14(10-16)11-24-6-8-25(9-7-24)18(28)13-26-12-15(19(21,22)23)4-5-17(26)27/h1-5,10,12H,6-9,11,13H2. The van der Waals surface area contributed by atoms with E-state index in [0.717, 1.165) is 22.3 Å². The van der Waals surface area contributed by atoms with E-state index in [0.29, 0.717) is 43.9 Å². The van der Waals surface area contributed by atoms with Gasteiger partial charge in [-0.05, 0) is 23.8 Å². The van der Waals surface area contributed by atoms with Gasteiger partial charge in [0.15, 0.2) is 0 Å². The monoisotopic (exact) mass is 413 g/mol. The lowest BCUT2D eigenvalue weighted by Crippen LogP contribution is -2.49. The first kappa shape index (κ1) is 20.4. The highest BCUT2D eigenvalue weighted by molar-refractivity contribution is 6.30. The number of benzene rings is 1. The second kappa shape index (κ2) is 8.36. The summed E-state index contributed by atoms with van der Waals surface area (Å²) < 4.78 is 39.3. The predicted molar refractivity (Wildman–Crippen MR) is 99.0 cm³/mol. The highest BCUT2D eigenvalue weighted by Crippen LogP contribution is 2.28. The number of amides is 1. The predicted octanol–water partition coefficient (Wildman–Crippen LogP) is 2.86. The molecule has 1 saturated heterocycles. The van der Waals surface area contributed by atoms with Gasteiger partial charge in [-0.1, -0.05) is 23.7 Å². The number of hydrogen-bond acceptors (Lipinski definition) is 3. The van der Waals surface area contributed by atoms with Gasteiger partial charge in [-0.2, -0.15) is 13.2 Å². The van der Waals surface area contributed by atoms with Crippen LogP contribution in [-0.2, 0) is 24.1 Å². The van der Waals surface area contributed by atoms with Crippen LogP contribution in [0.5, 0.6) is 0 Å². The van der Waals surface area contributed by atoms with Crippen LogP contribution in [0.4, 0.5) is 13.2 Å². The molecule has 1 aliphatic rings. The first-order valence-corrected chi connectivity index (χ1v) is 9.12. The number of hydrogen-bond donors (Lipinski definition) is 0. The van der Waals surface area contributed by atoms with Crippen molar-refractivity contribution in [3.05, 3.63) is 69.1 Å². The Labute approximate surface area is 164 Å². The van der Waals surface area contributed by atoms with Gasteiger partial charge >= 0.3 is 6.18 Å². The van der Waals surface area contributed by atoms with Crippen molar-refractivity contribution >= 4 is 17.5 Å². The van der Waals surface area contributed by atoms with E-state index >= 15 is 0 Å². The molecule has 5 nitrogen and oxygen atoms in total. The number of halogens is 4. The highest BCUT2D eigenvalue weighted by atomic mass is 35.5. The number of alkyl halides is 3. The normalized spacial score (nSPS) is 15.6. The summed E-state index contributed by atoms with van der Waals surface area (Å²) in [5, 5.41) is 0.665. The van der Waals surface area contributed by atoms with Crippen LogP contribution in [0, 0.1) is 0 Å². The Morgan fingerprint density at radius 2 is 1.79 bits per heavy atom. The van der Waals surface area contributed by atoms with E-state index in [2.05, 4.69) is 4.90 Å². The minimum absolute atomic E-state index is 0.371. The summed E-state index contributed by atoms with van der Waals surface area (Å²) >= 11 is 5.99. The SMILES string of the molecule is O=C(Cn1cc(C(F)(F)F)ccc1=O)N1CCN(Cc2cccc(Cl)c2)CC1. The molecule has 9 heteroatoms. The number of pyridine rings is 1. The van der Waals surface area contributed by atoms with E-state index in [1.54, 1.807) is 11.0 Å².